The zero-order valence-corrected chi connectivity index (χ0v) is 12.9. The largest absolute Gasteiger partial charge is 0.398 e. The Kier molecular flexibility index (Phi) is 5.84. The van der Waals surface area contributed by atoms with Crippen LogP contribution in [0.1, 0.15) is 51.9 Å². The van der Waals surface area contributed by atoms with Gasteiger partial charge in [0.2, 0.25) is 0 Å². The van der Waals surface area contributed by atoms with E-state index in [1.54, 1.807) is 16.1 Å². The molecule has 2 N–H and O–H groups in total. The van der Waals surface area contributed by atoms with E-state index in [2.05, 4.69) is 12.0 Å². The van der Waals surface area contributed by atoms with Crippen molar-refractivity contribution in [2.24, 2.45) is 10.8 Å². The number of hydrazone groups is 1. The third-order valence-electron chi connectivity index (χ3n) is 3.81. The van der Waals surface area contributed by atoms with E-state index in [0.717, 1.165) is 18.8 Å². The summed E-state index contributed by atoms with van der Waals surface area (Å²) in [5, 5.41) is 6.01. The average molecular weight is 290 g/mol. The molecule has 0 atom stereocenters. The molecule has 1 amide bonds. The summed E-state index contributed by atoms with van der Waals surface area (Å²) >= 11 is 0. The number of amidine groups is 1. The Morgan fingerprint density at radius 3 is 2.62 bits per heavy atom. The molecule has 0 spiro atoms. The molecule has 0 aromatic rings. The van der Waals surface area contributed by atoms with Crippen LogP contribution in [-0.4, -0.2) is 34.7 Å². The summed E-state index contributed by atoms with van der Waals surface area (Å²) in [6.07, 6.45) is 14.1. The number of fused-ring (bicyclic) bond motifs is 1. The van der Waals surface area contributed by atoms with Crippen molar-refractivity contribution in [3.63, 3.8) is 0 Å². The van der Waals surface area contributed by atoms with Gasteiger partial charge in [0.05, 0.1) is 0 Å². The maximum atomic E-state index is 12.0. The van der Waals surface area contributed by atoms with Gasteiger partial charge in [0.25, 0.3) is 5.91 Å². The number of nitrogens with two attached hydrogens (primary N) is 1. The van der Waals surface area contributed by atoms with Gasteiger partial charge in [-0.15, -0.1) is 0 Å². The smallest absolute Gasteiger partial charge is 0.262 e. The molecule has 116 valence electrons. The van der Waals surface area contributed by atoms with Crippen LogP contribution in [0.2, 0.25) is 0 Å². The molecule has 0 radical (unpaired) electrons. The zero-order valence-electron chi connectivity index (χ0n) is 12.9. The van der Waals surface area contributed by atoms with E-state index < -0.39 is 0 Å². The number of amides is 1. The van der Waals surface area contributed by atoms with Crippen molar-refractivity contribution in [3.05, 3.63) is 24.0 Å². The second-order valence-corrected chi connectivity index (χ2v) is 5.69. The second kappa shape index (κ2) is 7.86. The minimum absolute atomic E-state index is 0.0454. The topological polar surface area (TPSA) is 61.9 Å². The molecule has 2 rings (SSSR count). The first kappa shape index (κ1) is 15.6. The normalized spacial score (nSPS) is 17.7. The van der Waals surface area contributed by atoms with Gasteiger partial charge < -0.3 is 10.6 Å². The van der Waals surface area contributed by atoms with Gasteiger partial charge in [-0.25, -0.2) is 5.01 Å². The van der Waals surface area contributed by atoms with Crippen LogP contribution in [0.3, 0.4) is 0 Å². The predicted molar refractivity (Wildman–Crippen MR) is 85.3 cm³/mol. The highest BCUT2D eigenvalue weighted by Crippen LogP contribution is 2.14. The van der Waals surface area contributed by atoms with E-state index in [0.29, 0.717) is 12.2 Å². The van der Waals surface area contributed by atoms with E-state index in [-0.39, 0.29) is 5.91 Å². The molecular formula is C16H26N4O. The van der Waals surface area contributed by atoms with Crippen molar-refractivity contribution in [2.75, 3.05) is 13.1 Å². The van der Waals surface area contributed by atoms with Crippen molar-refractivity contribution >= 4 is 11.7 Å². The van der Waals surface area contributed by atoms with Gasteiger partial charge >= 0.3 is 0 Å². The predicted octanol–water partition coefficient (Wildman–Crippen LogP) is 2.56. The van der Waals surface area contributed by atoms with Crippen molar-refractivity contribution in [1.29, 1.82) is 0 Å². The molecule has 0 saturated carbocycles. The van der Waals surface area contributed by atoms with Crippen LogP contribution in [0.25, 0.3) is 0 Å². The second-order valence-electron chi connectivity index (χ2n) is 5.69. The molecule has 0 aromatic heterocycles. The first-order chi connectivity index (χ1) is 10.2. The molecule has 2 heterocycles. The first-order valence-electron chi connectivity index (χ1n) is 8.01. The van der Waals surface area contributed by atoms with E-state index >= 15 is 0 Å². The SMILES string of the molecule is CCCCCCCCCN1N=C2C=CC(N)=CN2CC1=O. The summed E-state index contributed by atoms with van der Waals surface area (Å²) in [6, 6.07) is 0. The van der Waals surface area contributed by atoms with Crippen LogP contribution in [0.15, 0.2) is 29.2 Å². The number of nitrogens with zero attached hydrogens (tertiary/aromatic N) is 3. The van der Waals surface area contributed by atoms with Crippen molar-refractivity contribution in [3.8, 4) is 0 Å². The van der Waals surface area contributed by atoms with Crippen LogP contribution in [0, 0.1) is 0 Å². The van der Waals surface area contributed by atoms with Crippen LogP contribution in [-0.2, 0) is 4.79 Å². The fraction of sp³-hybridized carbons (Fsp3) is 0.625. The highest BCUT2D eigenvalue weighted by atomic mass is 16.2. The Morgan fingerprint density at radius 1 is 1.14 bits per heavy atom. The average Bonchev–Trinajstić information content (AvgIpc) is 2.47. The first-order valence-corrected chi connectivity index (χ1v) is 8.01. The lowest BCUT2D eigenvalue weighted by atomic mass is 10.1. The Morgan fingerprint density at radius 2 is 1.86 bits per heavy atom. The number of unbranched alkanes of at least 4 members (excludes halogenated alkanes) is 6. The highest BCUT2D eigenvalue weighted by Gasteiger charge is 2.25. The van der Waals surface area contributed by atoms with Crippen LogP contribution < -0.4 is 5.73 Å². The summed E-state index contributed by atoms with van der Waals surface area (Å²) in [5.74, 6) is 0.843. The van der Waals surface area contributed by atoms with Gasteiger partial charge in [-0.2, -0.15) is 5.10 Å². The van der Waals surface area contributed by atoms with Crippen LogP contribution >= 0.6 is 0 Å². The van der Waals surface area contributed by atoms with Gasteiger partial charge in [0, 0.05) is 18.4 Å². The maximum Gasteiger partial charge on any atom is 0.262 e. The third kappa shape index (κ3) is 4.62. The number of carbonyl (C=O) groups excluding carboxylic acids is 1. The lowest BCUT2D eigenvalue weighted by Crippen LogP contribution is -2.45. The van der Waals surface area contributed by atoms with Gasteiger partial charge in [-0.05, 0) is 18.6 Å². The number of carbonyl (C=O) groups is 1. The Labute approximate surface area is 127 Å². The lowest BCUT2D eigenvalue weighted by molar-refractivity contribution is -0.132. The molecule has 0 fully saturated rings. The quantitative estimate of drug-likeness (QED) is 0.699. The lowest BCUT2D eigenvalue weighted by Gasteiger charge is -2.31. The number of hydrogen-bond acceptors (Lipinski definition) is 4. The van der Waals surface area contributed by atoms with E-state index in [1.807, 2.05) is 12.2 Å². The molecule has 2 aliphatic heterocycles. The van der Waals surface area contributed by atoms with Gasteiger partial charge in [0.15, 0.2) is 5.84 Å². The standard InChI is InChI=1S/C16H26N4O/c1-2-3-4-5-6-7-8-11-20-16(21)13-19-12-14(17)9-10-15(19)18-20/h9-10,12H,2-8,11,13,17H2,1H3. The van der Waals surface area contributed by atoms with Gasteiger partial charge in [-0.1, -0.05) is 45.4 Å². The Balaban J connectivity index is 1.73. The molecule has 21 heavy (non-hydrogen) atoms. The van der Waals surface area contributed by atoms with Gasteiger partial charge in [0.1, 0.15) is 6.54 Å². The summed E-state index contributed by atoms with van der Waals surface area (Å²) in [4.78, 5) is 13.8. The zero-order chi connectivity index (χ0) is 15.1. The molecule has 0 saturated heterocycles. The molecule has 0 unspecified atom stereocenters. The molecule has 0 bridgehead atoms. The monoisotopic (exact) mass is 290 g/mol. The molecule has 0 aliphatic carbocycles. The summed E-state index contributed by atoms with van der Waals surface area (Å²) in [5.41, 5.74) is 6.38. The van der Waals surface area contributed by atoms with Crippen molar-refractivity contribution in [2.45, 2.75) is 51.9 Å². The fourth-order valence-electron chi connectivity index (χ4n) is 2.57. The Hall–Kier alpha value is -1.78. The molecule has 5 nitrogen and oxygen atoms in total. The maximum absolute atomic E-state index is 12.0. The summed E-state index contributed by atoms with van der Waals surface area (Å²) in [6.45, 7) is 3.28. The number of allylic oxidation sites excluding steroid dienone is 1. The molecule has 5 heteroatoms. The molecular weight excluding hydrogens is 264 g/mol. The third-order valence-corrected chi connectivity index (χ3v) is 3.81. The fourth-order valence-corrected chi connectivity index (χ4v) is 2.57. The number of rotatable bonds is 8. The van der Waals surface area contributed by atoms with E-state index in [9.17, 15) is 4.79 Å². The van der Waals surface area contributed by atoms with Gasteiger partial charge in [-0.3, -0.25) is 4.79 Å². The van der Waals surface area contributed by atoms with Crippen molar-refractivity contribution < 1.29 is 4.79 Å². The number of hydrogen-bond donors (Lipinski definition) is 1. The minimum atomic E-state index is 0.0454. The summed E-state index contributed by atoms with van der Waals surface area (Å²) in [7, 11) is 0. The van der Waals surface area contributed by atoms with E-state index in [4.69, 9.17) is 5.73 Å². The van der Waals surface area contributed by atoms with Crippen molar-refractivity contribution in [1.82, 2.24) is 9.91 Å². The molecule has 0 aromatic carbocycles. The minimum Gasteiger partial charge on any atom is -0.398 e. The Bertz CT molecular complexity index is 453. The highest BCUT2D eigenvalue weighted by molar-refractivity contribution is 6.00. The summed E-state index contributed by atoms with van der Waals surface area (Å²) < 4.78 is 0. The molecule has 2 aliphatic rings. The van der Waals surface area contributed by atoms with E-state index in [1.165, 1.54) is 38.5 Å². The van der Waals surface area contributed by atoms with Crippen LogP contribution in [0.5, 0.6) is 0 Å². The van der Waals surface area contributed by atoms with Crippen LogP contribution in [0.4, 0.5) is 0 Å².